The van der Waals surface area contributed by atoms with Crippen LogP contribution in [0.25, 0.3) is 0 Å². The van der Waals surface area contributed by atoms with Crippen LogP contribution in [0.2, 0.25) is 0 Å². The van der Waals surface area contributed by atoms with Gasteiger partial charge in [0.2, 0.25) is 6.17 Å². The van der Waals surface area contributed by atoms with Crippen molar-refractivity contribution < 1.29 is 39.6 Å². The molecule has 114 valence electrons. The lowest BCUT2D eigenvalue weighted by Gasteiger charge is -2.27. The molecule has 0 saturated carbocycles. The Bertz CT molecular complexity index is 439. The van der Waals surface area contributed by atoms with E-state index in [1.807, 2.05) is 0 Å². The third kappa shape index (κ3) is 3.43. The van der Waals surface area contributed by atoms with E-state index in [-0.39, 0.29) is 6.17 Å². The molecule has 0 aromatic heterocycles. The van der Waals surface area contributed by atoms with Crippen molar-refractivity contribution in [2.24, 2.45) is 4.99 Å². The number of hydrogen-bond acceptors (Lipinski definition) is 7. The van der Waals surface area contributed by atoms with Crippen LogP contribution in [-0.4, -0.2) is 68.6 Å². The third-order valence-corrected chi connectivity index (χ3v) is 3.43. The van der Waals surface area contributed by atoms with Crippen LogP contribution < -0.4 is 5.73 Å². The van der Waals surface area contributed by atoms with Gasteiger partial charge >= 0.3 is 7.82 Å². The van der Waals surface area contributed by atoms with Crippen LogP contribution in [0.1, 0.15) is 0 Å². The first kappa shape index (κ1) is 15.5. The van der Waals surface area contributed by atoms with E-state index in [9.17, 15) is 9.67 Å². The Morgan fingerprint density at radius 1 is 1.50 bits per heavy atom. The minimum absolute atomic E-state index is 0.249. The molecule has 0 bridgehead atoms. The fraction of sp³-hybridized carbons (Fsp3) is 0.667. The second kappa shape index (κ2) is 5.88. The highest BCUT2D eigenvalue weighted by Gasteiger charge is 2.49. The minimum Gasteiger partial charge on any atom is -0.394 e. The van der Waals surface area contributed by atoms with Gasteiger partial charge in [-0.25, -0.2) is 9.56 Å². The van der Waals surface area contributed by atoms with Gasteiger partial charge in [0.25, 0.3) is 0 Å². The first-order valence-corrected chi connectivity index (χ1v) is 7.35. The summed E-state index contributed by atoms with van der Waals surface area (Å²) in [6.07, 6.45) is -0.352. The summed E-state index contributed by atoms with van der Waals surface area (Å²) in [5.41, 5.74) is 3.69. The van der Waals surface area contributed by atoms with Crippen molar-refractivity contribution in [1.82, 2.24) is 4.90 Å². The molecule has 7 N–H and O–H groups in total. The normalized spacial score (nSPS) is 37.6. The minimum atomic E-state index is -4.81. The topological polar surface area (TPSA) is 160 Å². The van der Waals surface area contributed by atoms with E-state index in [4.69, 9.17) is 19.6 Å². The molecule has 11 heteroatoms. The van der Waals surface area contributed by atoms with Gasteiger partial charge in [0.1, 0.15) is 18.3 Å². The Labute approximate surface area is 114 Å². The number of ether oxygens (including phenoxy) is 1. The van der Waals surface area contributed by atoms with Gasteiger partial charge in [-0.1, -0.05) is 0 Å². The van der Waals surface area contributed by atoms with Crippen molar-refractivity contribution in [1.29, 1.82) is 0 Å². The molecule has 2 heterocycles. The van der Waals surface area contributed by atoms with Crippen LogP contribution in [0.5, 0.6) is 0 Å². The molecule has 0 aromatic rings. The van der Waals surface area contributed by atoms with Crippen LogP contribution in [-0.2, 0) is 13.8 Å². The lowest BCUT2D eigenvalue weighted by atomic mass is 10.1. The van der Waals surface area contributed by atoms with Crippen LogP contribution >= 0.6 is 7.82 Å². The maximum atomic E-state index is 10.9. The van der Waals surface area contributed by atoms with Crippen LogP contribution in [0.15, 0.2) is 17.3 Å². The first-order chi connectivity index (χ1) is 9.31. The summed E-state index contributed by atoms with van der Waals surface area (Å²) in [5.74, 6) is 0. The lowest BCUT2D eigenvalue weighted by molar-refractivity contribution is -0.400. The van der Waals surface area contributed by atoms with Crippen molar-refractivity contribution in [2.45, 2.75) is 30.7 Å². The largest absolute Gasteiger partial charge is 0.470 e. The maximum Gasteiger partial charge on any atom is 0.470 e. The summed E-state index contributed by atoms with van der Waals surface area (Å²) in [6, 6.07) is 0. The van der Waals surface area contributed by atoms with E-state index in [1.165, 1.54) is 11.2 Å². The van der Waals surface area contributed by atoms with Crippen LogP contribution in [0.3, 0.4) is 0 Å². The van der Waals surface area contributed by atoms with Crippen LogP contribution in [0, 0.1) is 0 Å². The number of phosphoric ester groups is 1. The molecule has 2 aliphatic rings. The Morgan fingerprint density at radius 3 is 2.70 bits per heavy atom. The second-order valence-corrected chi connectivity index (χ2v) is 5.61. The van der Waals surface area contributed by atoms with Crippen molar-refractivity contribution in [3.8, 4) is 0 Å². The van der Waals surface area contributed by atoms with Gasteiger partial charge in [-0.15, -0.1) is 0 Å². The highest BCUT2D eigenvalue weighted by Crippen LogP contribution is 2.42. The molecule has 20 heavy (non-hydrogen) atoms. The van der Waals surface area contributed by atoms with E-state index in [1.54, 1.807) is 12.3 Å². The van der Waals surface area contributed by atoms with E-state index >= 15 is 0 Å². The predicted molar refractivity (Wildman–Crippen MR) is 64.8 cm³/mol. The summed E-state index contributed by atoms with van der Waals surface area (Å²) in [6.45, 7) is -0.551. The van der Waals surface area contributed by atoms with Crippen molar-refractivity contribution in [3.05, 3.63) is 12.3 Å². The molecule has 1 fully saturated rings. The molecule has 0 aromatic carbocycles. The molecule has 0 aliphatic carbocycles. The van der Waals surface area contributed by atoms with Gasteiger partial charge in [-0.05, 0) is 0 Å². The lowest BCUT2D eigenvalue weighted by Crippen LogP contribution is -2.60. The first-order valence-electron chi connectivity index (χ1n) is 5.82. The summed E-state index contributed by atoms with van der Waals surface area (Å²) in [5, 5.41) is 19.2. The summed E-state index contributed by atoms with van der Waals surface area (Å²) < 4.78 is 20.7. The van der Waals surface area contributed by atoms with E-state index < -0.39 is 39.0 Å². The standard InChI is InChI=1S/C9H16N3O7P/c10-6-1-2-12(4-11-6)9-7(14)8(5(3-13)18-9)19-20(15,16)17/h1-2,4-9,13-14H,3,10H2,(H2,15,16,17)/p+1. The molecule has 0 amide bonds. The van der Waals surface area contributed by atoms with Gasteiger partial charge in [-0.2, -0.15) is 0 Å². The number of phosphoric acid groups is 1. The van der Waals surface area contributed by atoms with Crippen molar-refractivity contribution >= 4 is 14.2 Å². The molecule has 1 saturated heterocycles. The SMILES string of the molecule is [NH3+]C1C=CN(C2OC(CO)C(OP(=O)(O)O)C2O)C=N1. The van der Waals surface area contributed by atoms with Crippen molar-refractivity contribution in [2.75, 3.05) is 6.61 Å². The van der Waals surface area contributed by atoms with Gasteiger partial charge in [0, 0.05) is 12.3 Å². The molecular weight excluding hydrogens is 293 g/mol. The number of hydrogen-bond donors (Lipinski definition) is 5. The van der Waals surface area contributed by atoms with E-state index in [0.29, 0.717) is 0 Å². The highest BCUT2D eigenvalue weighted by molar-refractivity contribution is 7.46. The molecule has 0 spiro atoms. The molecule has 5 unspecified atom stereocenters. The quantitative estimate of drug-likeness (QED) is 0.343. The molecule has 2 aliphatic heterocycles. The monoisotopic (exact) mass is 310 g/mol. The Hall–Kier alpha value is -0.840. The molecule has 0 radical (unpaired) electrons. The predicted octanol–water partition coefficient (Wildman–Crippen LogP) is -3.03. The van der Waals surface area contributed by atoms with E-state index in [0.717, 1.165) is 0 Å². The average Bonchev–Trinajstić information content (AvgIpc) is 2.66. The third-order valence-electron chi connectivity index (χ3n) is 2.91. The van der Waals surface area contributed by atoms with Gasteiger partial charge in [-0.3, -0.25) is 4.52 Å². The number of rotatable bonds is 4. The van der Waals surface area contributed by atoms with Gasteiger partial charge < -0.3 is 35.4 Å². The fourth-order valence-electron chi connectivity index (χ4n) is 2.00. The second-order valence-electron chi connectivity index (χ2n) is 4.42. The molecule has 5 atom stereocenters. The van der Waals surface area contributed by atoms with E-state index in [2.05, 4.69) is 15.2 Å². The van der Waals surface area contributed by atoms with Gasteiger partial charge in [0.15, 0.2) is 6.23 Å². The van der Waals surface area contributed by atoms with Gasteiger partial charge in [0.05, 0.1) is 12.9 Å². The average molecular weight is 310 g/mol. The van der Waals surface area contributed by atoms with Crippen molar-refractivity contribution in [3.63, 3.8) is 0 Å². The number of aliphatic hydroxyl groups excluding tert-OH is 2. The summed E-state index contributed by atoms with van der Waals surface area (Å²) in [7, 11) is -4.81. The Kier molecular flexibility index (Phi) is 4.57. The number of aliphatic imine (C=N–C) groups is 1. The zero-order valence-electron chi connectivity index (χ0n) is 10.4. The Balaban J connectivity index is 2.12. The molecule has 10 nitrogen and oxygen atoms in total. The number of quaternary nitrogens is 1. The number of nitrogens with zero attached hydrogens (tertiary/aromatic N) is 2. The smallest absolute Gasteiger partial charge is 0.394 e. The number of aliphatic hydroxyl groups is 2. The summed E-state index contributed by atoms with van der Waals surface area (Å²) >= 11 is 0. The zero-order chi connectivity index (χ0) is 14.9. The maximum absolute atomic E-state index is 10.9. The Morgan fingerprint density at radius 2 is 2.20 bits per heavy atom. The van der Waals surface area contributed by atoms with Crippen LogP contribution in [0.4, 0.5) is 0 Å². The molecular formula is C9H17N3O7P+. The zero-order valence-corrected chi connectivity index (χ0v) is 11.3. The fourth-order valence-corrected chi connectivity index (χ4v) is 2.58. The molecule has 2 rings (SSSR count). The highest BCUT2D eigenvalue weighted by atomic mass is 31.2. The summed E-state index contributed by atoms with van der Waals surface area (Å²) in [4.78, 5) is 23.0.